The van der Waals surface area contributed by atoms with E-state index in [9.17, 15) is 9.59 Å². The Morgan fingerprint density at radius 2 is 2.03 bits per heavy atom. The van der Waals surface area contributed by atoms with E-state index in [1.807, 2.05) is 13.0 Å². The number of nitrogens with one attached hydrogen (secondary N) is 1. The summed E-state index contributed by atoms with van der Waals surface area (Å²) in [6.45, 7) is 6.73. The van der Waals surface area contributed by atoms with E-state index in [0.717, 1.165) is 60.3 Å². The first-order valence-corrected chi connectivity index (χ1v) is 10.4. The zero-order valence-corrected chi connectivity index (χ0v) is 17.0. The Morgan fingerprint density at radius 3 is 2.66 bits per heavy atom. The first-order chi connectivity index (χ1) is 14.0. The molecule has 1 atom stereocenters. The van der Waals surface area contributed by atoms with Crippen LogP contribution in [0.4, 0.5) is 5.69 Å². The number of nitrogens with two attached hydrogens (primary N) is 1. The van der Waals surface area contributed by atoms with E-state index < -0.39 is 11.2 Å². The van der Waals surface area contributed by atoms with Crippen molar-refractivity contribution < 1.29 is 0 Å². The number of hydrogen-bond acceptors (Lipinski definition) is 6. The summed E-state index contributed by atoms with van der Waals surface area (Å²) in [5.74, 6) is 6.27. The third-order valence-corrected chi connectivity index (χ3v) is 6.32. The summed E-state index contributed by atoms with van der Waals surface area (Å²) in [5.41, 5.74) is 1.89. The normalized spacial score (nSPS) is 17.9. The highest BCUT2D eigenvalue weighted by molar-refractivity contribution is 5.87. The van der Waals surface area contributed by atoms with Crippen molar-refractivity contribution in [2.24, 2.45) is 5.92 Å². The molecule has 1 aliphatic heterocycles. The van der Waals surface area contributed by atoms with Crippen LogP contribution in [0.25, 0.3) is 10.9 Å². The zero-order chi connectivity index (χ0) is 20.7. The van der Waals surface area contributed by atoms with Gasteiger partial charge in [0.1, 0.15) is 0 Å². The van der Waals surface area contributed by atoms with E-state index in [1.165, 1.54) is 0 Å². The van der Waals surface area contributed by atoms with Crippen molar-refractivity contribution in [1.82, 2.24) is 14.6 Å². The standard InChI is InChI=1S/C21H28N6O2/c1-3-17(24-10-4-9-22)14-11-25(12-14)18-8-7-16-19(13(18)2)26(15-5-6-15)21(29)27(23)20(16)28/h7-8,14-15,17,24H,3-6,10-12,23H2,1-2H3. The Balaban J connectivity index is 1.64. The number of anilines is 1. The van der Waals surface area contributed by atoms with Crippen LogP contribution in [0.15, 0.2) is 21.7 Å². The molecule has 3 N–H and O–H groups in total. The molecular weight excluding hydrogens is 368 g/mol. The molecule has 8 heteroatoms. The minimum absolute atomic E-state index is 0.132. The van der Waals surface area contributed by atoms with Gasteiger partial charge in [-0.2, -0.15) is 9.94 Å². The van der Waals surface area contributed by atoms with Crippen LogP contribution in [-0.2, 0) is 0 Å². The average Bonchev–Trinajstić information content (AvgIpc) is 3.51. The van der Waals surface area contributed by atoms with Gasteiger partial charge in [-0.1, -0.05) is 6.92 Å². The molecule has 1 saturated carbocycles. The van der Waals surface area contributed by atoms with Gasteiger partial charge in [0.25, 0.3) is 5.56 Å². The van der Waals surface area contributed by atoms with Gasteiger partial charge in [-0.05, 0) is 43.9 Å². The van der Waals surface area contributed by atoms with Crippen molar-refractivity contribution in [2.45, 2.75) is 51.6 Å². The fraction of sp³-hybridized carbons (Fsp3) is 0.571. The summed E-state index contributed by atoms with van der Waals surface area (Å²) in [6.07, 6.45) is 3.43. The highest BCUT2D eigenvalue weighted by Gasteiger charge is 2.34. The maximum Gasteiger partial charge on any atom is 0.350 e. The van der Waals surface area contributed by atoms with Gasteiger partial charge in [0.15, 0.2) is 0 Å². The molecule has 2 aliphatic rings. The SMILES string of the molecule is CCC(NCCC#N)C1CN(c2ccc3c(=O)n(N)c(=O)n(C4CC4)c3c2C)C1. The molecule has 4 rings (SSSR count). The van der Waals surface area contributed by atoms with E-state index in [0.29, 0.717) is 23.8 Å². The molecule has 29 heavy (non-hydrogen) atoms. The minimum atomic E-state index is -0.439. The third kappa shape index (κ3) is 3.29. The number of rotatable bonds is 7. The van der Waals surface area contributed by atoms with Crippen LogP contribution in [-0.4, -0.2) is 34.9 Å². The van der Waals surface area contributed by atoms with Crippen molar-refractivity contribution in [1.29, 1.82) is 5.26 Å². The fourth-order valence-electron chi connectivity index (χ4n) is 4.54. The lowest BCUT2D eigenvalue weighted by Gasteiger charge is -2.45. The van der Waals surface area contributed by atoms with Crippen LogP contribution in [0.5, 0.6) is 0 Å². The number of nitrogen functional groups attached to an aromatic ring is 1. The molecular formula is C21H28N6O2. The van der Waals surface area contributed by atoms with Crippen LogP contribution >= 0.6 is 0 Å². The Morgan fingerprint density at radius 1 is 1.31 bits per heavy atom. The quantitative estimate of drug-likeness (QED) is 0.538. The Labute approximate surface area is 169 Å². The first kappa shape index (κ1) is 19.5. The number of nitrogens with zero attached hydrogens (tertiary/aromatic N) is 4. The lowest BCUT2D eigenvalue weighted by molar-refractivity contribution is 0.288. The van der Waals surface area contributed by atoms with Crippen LogP contribution in [0, 0.1) is 24.2 Å². The molecule has 0 radical (unpaired) electrons. The summed E-state index contributed by atoms with van der Waals surface area (Å²) < 4.78 is 2.45. The van der Waals surface area contributed by atoms with E-state index in [4.69, 9.17) is 11.1 Å². The topological polar surface area (TPSA) is 109 Å². The number of aromatic nitrogens is 2. The second-order valence-electron chi connectivity index (χ2n) is 8.21. The average molecular weight is 396 g/mol. The van der Waals surface area contributed by atoms with E-state index in [-0.39, 0.29) is 6.04 Å². The van der Waals surface area contributed by atoms with Gasteiger partial charge in [0.2, 0.25) is 0 Å². The van der Waals surface area contributed by atoms with E-state index >= 15 is 0 Å². The molecule has 8 nitrogen and oxygen atoms in total. The summed E-state index contributed by atoms with van der Waals surface area (Å²) in [5, 5.41) is 12.7. The summed E-state index contributed by atoms with van der Waals surface area (Å²) in [6, 6.07) is 6.48. The predicted molar refractivity (Wildman–Crippen MR) is 114 cm³/mol. The summed E-state index contributed by atoms with van der Waals surface area (Å²) in [4.78, 5) is 27.5. The number of hydrogen-bond donors (Lipinski definition) is 2. The maximum atomic E-state index is 12.7. The molecule has 0 spiro atoms. The van der Waals surface area contributed by atoms with Crippen molar-refractivity contribution >= 4 is 16.6 Å². The molecule has 1 aromatic carbocycles. The van der Waals surface area contributed by atoms with Gasteiger partial charge in [-0.25, -0.2) is 4.79 Å². The number of nitriles is 1. The monoisotopic (exact) mass is 396 g/mol. The van der Waals surface area contributed by atoms with Crippen molar-refractivity contribution in [2.75, 3.05) is 30.4 Å². The van der Waals surface area contributed by atoms with Gasteiger partial charge < -0.3 is 16.1 Å². The molecule has 154 valence electrons. The Hall–Kier alpha value is -2.79. The second kappa shape index (κ2) is 7.56. The fourth-order valence-corrected chi connectivity index (χ4v) is 4.54. The molecule has 0 amide bonds. The smallest absolute Gasteiger partial charge is 0.350 e. The number of aryl methyl sites for hydroxylation is 1. The van der Waals surface area contributed by atoms with Crippen LogP contribution in [0.2, 0.25) is 0 Å². The van der Waals surface area contributed by atoms with Crippen molar-refractivity contribution in [3.8, 4) is 6.07 Å². The van der Waals surface area contributed by atoms with Gasteiger partial charge in [-0.15, -0.1) is 0 Å². The molecule has 2 aromatic rings. The highest BCUT2D eigenvalue weighted by Crippen LogP contribution is 2.38. The van der Waals surface area contributed by atoms with Gasteiger partial charge in [0, 0.05) is 49.7 Å². The Bertz CT molecular complexity index is 1090. The second-order valence-corrected chi connectivity index (χ2v) is 8.21. The molecule has 1 saturated heterocycles. The molecule has 1 aromatic heterocycles. The predicted octanol–water partition coefficient (Wildman–Crippen LogP) is 1.24. The number of fused-ring (bicyclic) bond motifs is 1. The van der Waals surface area contributed by atoms with Crippen LogP contribution < -0.4 is 27.3 Å². The molecule has 2 heterocycles. The van der Waals surface area contributed by atoms with Gasteiger partial charge >= 0.3 is 5.69 Å². The lowest BCUT2D eigenvalue weighted by Crippen LogP contribution is -2.56. The maximum absolute atomic E-state index is 12.7. The van der Waals surface area contributed by atoms with Crippen LogP contribution in [0.3, 0.4) is 0 Å². The molecule has 1 unspecified atom stereocenters. The van der Waals surface area contributed by atoms with Gasteiger partial charge in [0.05, 0.1) is 17.0 Å². The summed E-state index contributed by atoms with van der Waals surface area (Å²) >= 11 is 0. The van der Waals surface area contributed by atoms with E-state index in [2.05, 4.69) is 23.2 Å². The molecule has 2 fully saturated rings. The Kier molecular flexibility index (Phi) is 5.09. The van der Waals surface area contributed by atoms with Crippen molar-refractivity contribution in [3.63, 3.8) is 0 Å². The molecule has 0 bridgehead atoms. The largest absolute Gasteiger partial charge is 0.370 e. The first-order valence-electron chi connectivity index (χ1n) is 10.4. The third-order valence-electron chi connectivity index (χ3n) is 6.32. The zero-order valence-electron chi connectivity index (χ0n) is 17.0. The minimum Gasteiger partial charge on any atom is -0.370 e. The highest BCUT2D eigenvalue weighted by atomic mass is 16.2. The van der Waals surface area contributed by atoms with Gasteiger partial charge in [-0.3, -0.25) is 9.36 Å². The van der Waals surface area contributed by atoms with Crippen molar-refractivity contribution in [3.05, 3.63) is 38.5 Å². The lowest BCUT2D eigenvalue weighted by atomic mass is 9.88. The van der Waals surface area contributed by atoms with E-state index in [1.54, 1.807) is 10.6 Å². The number of benzene rings is 1. The van der Waals surface area contributed by atoms with Crippen LogP contribution in [0.1, 0.15) is 44.2 Å². The summed E-state index contributed by atoms with van der Waals surface area (Å²) in [7, 11) is 0. The molecule has 1 aliphatic carbocycles.